The van der Waals surface area contributed by atoms with Crippen LogP contribution in [0.3, 0.4) is 0 Å². The van der Waals surface area contributed by atoms with E-state index < -0.39 is 0 Å². The van der Waals surface area contributed by atoms with Crippen molar-refractivity contribution >= 4 is 0 Å². The Hall–Kier alpha value is -0.160. The van der Waals surface area contributed by atoms with Gasteiger partial charge in [0.15, 0.2) is 0 Å². The summed E-state index contributed by atoms with van der Waals surface area (Å²) in [4.78, 5) is 5.00. The lowest BCUT2D eigenvalue weighted by Crippen LogP contribution is -2.57. The first kappa shape index (κ1) is 16.9. The molecule has 0 radical (unpaired) electrons. The Morgan fingerprint density at radius 2 is 2.11 bits per heavy atom. The third kappa shape index (κ3) is 4.42. The number of nitrogens with two attached hydrogens (primary N) is 1. The molecule has 0 amide bonds. The van der Waals surface area contributed by atoms with Crippen LogP contribution >= 0.6 is 0 Å². The molecule has 4 nitrogen and oxygen atoms in total. The summed E-state index contributed by atoms with van der Waals surface area (Å²) in [6.07, 6.45) is 1.39. The predicted molar refractivity (Wildman–Crippen MR) is 81.4 cm³/mol. The molecule has 19 heavy (non-hydrogen) atoms. The molecule has 0 aromatic rings. The van der Waals surface area contributed by atoms with E-state index in [4.69, 9.17) is 10.5 Å². The van der Waals surface area contributed by atoms with E-state index in [0.29, 0.717) is 18.7 Å². The van der Waals surface area contributed by atoms with E-state index in [0.717, 1.165) is 39.2 Å². The second-order valence-electron chi connectivity index (χ2n) is 6.17. The molecule has 4 heteroatoms. The summed E-state index contributed by atoms with van der Waals surface area (Å²) >= 11 is 0. The summed E-state index contributed by atoms with van der Waals surface area (Å²) in [6.45, 7) is 16.9. The van der Waals surface area contributed by atoms with E-state index in [2.05, 4.69) is 44.4 Å². The fraction of sp³-hybridized carbons (Fsp3) is 1.00. The summed E-state index contributed by atoms with van der Waals surface area (Å²) in [6, 6.07) is 0.605. The molecule has 0 spiro atoms. The summed E-state index contributed by atoms with van der Waals surface area (Å²) in [5, 5.41) is 0. The van der Waals surface area contributed by atoms with Crippen LogP contribution in [0.1, 0.15) is 41.0 Å². The lowest BCUT2D eigenvalue weighted by molar-refractivity contribution is -0.0645. The second-order valence-corrected chi connectivity index (χ2v) is 6.17. The number of rotatable bonds is 7. The van der Waals surface area contributed by atoms with Gasteiger partial charge in [0.1, 0.15) is 0 Å². The minimum absolute atomic E-state index is 0.0955. The van der Waals surface area contributed by atoms with Crippen LogP contribution in [0.2, 0.25) is 0 Å². The van der Waals surface area contributed by atoms with Crippen molar-refractivity contribution in [3.63, 3.8) is 0 Å². The zero-order valence-electron chi connectivity index (χ0n) is 13.5. The Bertz CT molecular complexity index is 254. The highest BCUT2D eigenvalue weighted by atomic mass is 16.5. The van der Waals surface area contributed by atoms with Gasteiger partial charge in [0.2, 0.25) is 0 Å². The average molecular weight is 271 g/mol. The Kier molecular flexibility index (Phi) is 6.74. The topological polar surface area (TPSA) is 41.7 Å². The van der Waals surface area contributed by atoms with Crippen molar-refractivity contribution in [3.05, 3.63) is 0 Å². The van der Waals surface area contributed by atoms with Crippen LogP contribution < -0.4 is 5.73 Å². The Labute approximate surface area is 119 Å². The molecular formula is C15H33N3O. The van der Waals surface area contributed by atoms with Gasteiger partial charge < -0.3 is 10.5 Å². The maximum absolute atomic E-state index is 5.98. The van der Waals surface area contributed by atoms with Gasteiger partial charge in [-0.25, -0.2) is 0 Å². The largest absolute Gasteiger partial charge is 0.374 e. The van der Waals surface area contributed by atoms with Crippen LogP contribution in [0, 0.1) is 0 Å². The zero-order chi connectivity index (χ0) is 14.5. The van der Waals surface area contributed by atoms with Gasteiger partial charge in [-0.1, -0.05) is 13.8 Å². The molecule has 1 heterocycles. The first-order chi connectivity index (χ1) is 8.96. The third-order valence-electron chi connectivity index (χ3n) is 4.67. The quantitative estimate of drug-likeness (QED) is 0.763. The molecule has 2 N–H and O–H groups in total. The highest BCUT2D eigenvalue weighted by Gasteiger charge is 2.31. The first-order valence-electron chi connectivity index (χ1n) is 7.77. The maximum Gasteiger partial charge on any atom is 0.0829 e. The Balaban J connectivity index is 2.60. The van der Waals surface area contributed by atoms with E-state index in [1.165, 1.54) is 0 Å². The SMILES string of the molecule is CCN(CC1CN(C(C)C)CCO1)C(C)(CC)CN. The highest BCUT2D eigenvalue weighted by Crippen LogP contribution is 2.20. The van der Waals surface area contributed by atoms with Gasteiger partial charge in [0.25, 0.3) is 0 Å². The van der Waals surface area contributed by atoms with E-state index in [1.807, 2.05) is 0 Å². The molecular weight excluding hydrogens is 238 g/mol. The van der Waals surface area contributed by atoms with Gasteiger partial charge >= 0.3 is 0 Å². The number of hydrogen-bond acceptors (Lipinski definition) is 4. The molecule has 0 aromatic carbocycles. The van der Waals surface area contributed by atoms with Crippen molar-refractivity contribution in [1.82, 2.24) is 9.80 Å². The highest BCUT2D eigenvalue weighted by molar-refractivity contribution is 4.88. The molecule has 114 valence electrons. The average Bonchev–Trinajstić information content (AvgIpc) is 2.44. The first-order valence-corrected chi connectivity index (χ1v) is 7.77. The standard InChI is InChI=1S/C15H33N3O/c1-6-15(5,12-16)18(7-2)11-14-10-17(13(3)4)8-9-19-14/h13-14H,6-12,16H2,1-5H3. The fourth-order valence-corrected chi connectivity index (χ4v) is 2.80. The van der Waals surface area contributed by atoms with E-state index in [9.17, 15) is 0 Å². The van der Waals surface area contributed by atoms with Crippen molar-refractivity contribution < 1.29 is 4.74 Å². The molecule has 0 saturated carbocycles. The van der Waals surface area contributed by atoms with Crippen molar-refractivity contribution in [2.24, 2.45) is 5.73 Å². The summed E-state index contributed by atoms with van der Waals surface area (Å²) < 4.78 is 5.95. The smallest absolute Gasteiger partial charge is 0.0829 e. The fourth-order valence-electron chi connectivity index (χ4n) is 2.80. The molecule has 1 aliphatic rings. The number of ether oxygens (including phenoxy) is 1. The molecule has 1 fully saturated rings. The third-order valence-corrected chi connectivity index (χ3v) is 4.67. The van der Waals surface area contributed by atoms with Crippen LogP contribution in [0.4, 0.5) is 0 Å². The summed E-state index contributed by atoms with van der Waals surface area (Å²) in [7, 11) is 0. The van der Waals surface area contributed by atoms with Gasteiger partial charge in [-0.15, -0.1) is 0 Å². The van der Waals surface area contributed by atoms with Crippen LogP contribution in [0.15, 0.2) is 0 Å². The van der Waals surface area contributed by atoms with Crippen molar-refractivity contribution in [2.45, 2.75) is 58.7 Å². The van der Waals surface area contributed by atoms with E-state index in [-0.39, 0.29) is 5.54 Å². The predicted octanol–water partition coefficient (Wildman–Crippen LogP) is 1.54. The zero-order valence-corrected chi connectivity index (χ0v) is 13.5. The van der Waals surface area contributed by atoms with Crippen LogP contribution in [-0.4, -0.2) is 66.8 Å². The minimum atomic E-state index is 0.0955. The lowest BCUT2D eigenvalue weighted by Gasteiger charge is -2.43. The van der Waals surface area contributed by atoms with Crippen molar-refractivity contribution in [2.75, 3.05) is 39.3 Å². The van der Waals surface area contributed by atoms with E-state index >= 15 is 0 Å². The van der Waals surface area contributed by atoms with Crippen LogP contribution in [-0.2, 0) is 4.74 Å². The maximum atomic E-state index is 5.98. The van der Waals surface area contributed by atoms with E-state index in [1.54, 1.807) is 0 Å². The number of nitrogens with zero attached hydrogens (tertiary/aromatic N) is 2. The molecule has 2 unspecified atom stereocenters. The van der Waals surface area contributed by atoms with Gasteiger partial charge in [-0.05, 0) is 33.7 Å². The molecule has 2 atom stereocenters. The molecule has 1 rings (SSSR count). The Morgan fingerprint density at radius 3 is 2.58 bits per heavy atom. The number of morpholine rings is 1. The van der Waals surface area contributed by atoms with Gasteiger partial charge in [-0.3, -0.25) is 9.80 Å². The van der Waals surface area contributed by atoms with Crippen LogP contribution in [0.25, 0.3) is 0 Å². The minimum Gasteiger partial charge on any atom is -0.374 e. The summed E-state index contributed by atoms with van der Waals surface area (Å²) in [5.74, 6) is 0. The van der Waals surface area contributed by atoms with Crippen LogP contribution in [0.5, 0.6) is 0 Å². The lowest BCUT2D eigenvalue weighted by atomic mass is 9.96. The molecule has 0 aromatic heterocycles. The van der Waals surface area contributed by atoms with Gasteiger partial charge in [0, 0.05) is 37.8 Å². The molecule has 0 bridgehead atoms. The monoisotopic (exact) mass is 271 g/mol. The van der Waals surface area contributed by atoms with Gasteiger partial charge in [-0.2, -0.15) is 0 Å². The molecule has 1 aliphatic heterocycles. The number of hydrogen-bond donors (Lipinski definition) is 1. The second kappa shape index (κ2) is 7.58. The summed E-state index contributed by atoms with van der Waals surface area (Å²) in [5.41, 5.74) is 6.08. The Morgan fingerprint density at radius 1 is 1.42 bits per heavy atom. The van der Waals surface area contributed by atoms with Crippen molar-refractivity contribution in [3.8, 4) is 0 Å². The number of likely N-dealkylation sites (N-methyl/N-ethyl adjacent to an activating group) is 1. The molecule has 1 saturated heterocycles. The molecule has 0 aliphatic carbocycles. The van der Waals surface area contributed by atoms with Gasteiger partial charge in [0.05, 0.1) is 12.7 Å². The van der Waals surface area contributed by atoms with Crippen molar-refractivity contribution in [1.29, 1.82) is 0 Å². The normalized spacial score (nSPS) is 24.9.